The van der Waals surface area contributed by atoms with E-state index < -0.39 is 36.0 Å². The van der Waals surface area contributed by atoms with Crippen molar-refractivity contribution < 1.29 is 60.3 Å². The maximum atomic E-state index is 10.2. The third-order valence-electron chi connectivity index (χ3n) is 0.708. The van der Waals surface area contributed by atoms with Crippen LogP contribution in [0.15, 0.2) is 0 Å². The van der Waals surface area contributed by atoms with Gasteiger partial charge in [-0.2, -0.15) is 0 Å². The molecule has 0 fully saturated rings. The molecule has 0 aliphatic rings. The van der Waals surface area contributed by atoms with Crippen molar-refractivity contribution in [1.82, 2.24) is 0 Å². The van der Waals surface area contributed by atoms with Gasteiger partial charge in [-0.25, -0.2) is 0 Å². The van der Waals surface area contributed by atoms with Crippen molar-refractivity contribution in [1.29, 1.82) is 0 Å². The predicted molar refractivity (Wildman–Crippen MR) is 25.6 cm³/mol. The van der Waals surface area contributed by atoms with Gasteiger partial charge in [-0.3, -0.25) is 0 Å². The SMILES string of the molecule is O=C(O)[CH2][Zn][O]C(=O)CO.[Zn]. The van der Waals surface area contributed by atoms with E-state index in [1.165, 1.54) is 0 Å². The zero-order valence-corrected chi connectivity index (χ0v) is 11.9. The molecule has 0 spiro atoms. The summed E-state index contributed by atoms with van der Waals surface area (Å²) in [6.45, 7) is -0.662. The first-order valence-electron chi connectivity index (χ1n) is 2.65. The number of rotatable bonds is 4. The molecule has 0 aromatic carbocycles. The predicted octanol–water partition coefficient (Wildman–Crippen LogP) is -0.980. The first-order valence-corrected chi connectivity index (χ1v) is 5.96. The van der Waals surface area contributed by atoms with Crippen molar-refractivity contribution in [2.75, 3.05) is 6.61 Å². The maximum absolute atomic E-state index is 10.2. The molecule has 56 valence electrons. The first-order chi connectivity index (χ1) is 4.66. The summed E-state index contributed by atoms with van der Waals surface area (Å²) in [7, 11) is 0. The molecule has 0 aliphatic heterocycles. The van der Waals surface area contributed by atoms with Crippen LogP contribution >= 0.6 is 0 Å². The van der Waals surface area contributed by atoms with Gasteiger partial charge in [0.2, 0.25) is 0 Å². The van der Waals surface area contributed by atoms with Crippen LogP contribution in [0.4, 0.5) is 0 Å². The Morgan fingerprint density at radius 1 is 1.45 bits per heavy atom. The summed E-state index contributed by atoms with van der Waals surface area (Å²) in [5.74, 6) is -1.67. The Bertz CT molecular complexity index is 136. The van der Waals surface area contributed by atoms with E-state index in [-0.39, 0.29) is 24.5 Å². The monoisotopic (exact) mass is 262 g/mol. The first kappa shape index (κ1) is 13.7. The Labute approximate surface area is 83.9 Å². The molecule has 0 atom stereocenters. The Morgan fingerprint density at radius 3 is 2.36 bits per heavy atom. The van der Waals surface area contributed by atoms with Crippen LogP contribution < -0.4 is 0 Å². The Kier molecular flexibility index (Phi) is 10.3. The molecule has 5 nitrogen and oxygen atoms in total. The summed E-state index contributed by atoms with van der Waals surface area (Å²) in [6, 6.07) is 0. The number of carboxylic acid groups (broad SMARTS) is 1. The average Bonchev–Trinajstić information content (AvgIpc) is 1.87. The van der Waals surface area contributed by atoms with E-state index in [2.05, 4.69) is 3.56 Å². The number of carbonyl (C=O) groups is 2. The number of hydrogen-bond acceptors (Lipinski definition) is 4. The second-order valence-corrected chi connectivity index (χ2v) is 4.03. The van der Waals surface area contributed by atoms with Crippen LogP contribution in [-0.4, -0.2) is 28.8 Å². The summed E-state index contributed by atoms with van der Waals surface area (Å²) in [6.07, 6.45) is 0. The van der Waals surface area contributed by atoms with Crippen molar-refractivity contribution in [3.63, 3.8) is 0 Å². The molecule has 2 N–H and O–H groups in total. The molecule has 11 heavy (non-hydrogen) atoms. The van der Waals surface area contributed by atoms with Gasteiger partial charge in [-0.15, -0.1) is 0 Å². The van der Waals surface area contributed by atoms with Gasteiger partial charge in [0, 0.05) is 19.5 Å². The van der Waals surface area contributed by atoms with Crippen LogP contribution in [0.3, 0.4) is 0 Å². The van der Waals surface area contributed by atoms with Crippen molar-refractivity contribution in [3.05, 3.63) is 0 Å². The number of carboxylic acids is 1. The third-order valence-corrected chi connectivity index (χ3v) is 3.14. The Morgan fingerprint density at radius 2 is 2.00 bits per heavy atom. The largest absolute Gasteiger partial charge is 0 e. The molecule has 0 saturated heterocycles. The molecule has 0 amide bonds. The van der Waals surface area contributed by atoms with Crippen molar-refractivity contribution in [3.8, 4) is 0 Å². The van der Waals surface area contributed by atoms with Crippen LogP contribution in [0, 0.1) is 0 Å². The van der Waals surface area contributed by atoms with Gasteiger partial charge in [-0.05, 0) is 0 Å². The van der Waals surface area contributed by atoms with E-state index in [0.717, 1.165) is 0 Å². The summed E-state index contributed by atoms with van der Waals surface area (Å²) in [4.78, 5) is 20.0. The summed E-state index contributed by atoms with van der Waals surface area (Å²) in [5.41, 5.74) is 0. The fraction of sp³-hybridized carbons (Fsp3) is 0.500. The quantitative estimate of drug-likeness (QED) is 0.638. The van der Waals surface area contributed by atoms with E-state index in [9.17, 15) is 9.59 Å². The topological polar surface area (TPSA) is 83.8 Å². The fourth-order valence-electron chi connectivity index (χ4n) is 0.298. The summed E-state index contributed by atoms with van der Waals surface area (Å²) >= 11 is -1.69. The molecule has 0 aliphatic carbocycles. The van der Waals surface area contributed by atoms with Gasteiger partial charge in [-0.1, -0.05) is 0 Å². The molecule has 0 saturated carbocycles. The molecule has 0 radical (unpaired) electrons. The van der Waals surface area contributed by atoms with E-state index >= 15 is 0 Å². The molecule has 0 rings (SSSR count). The van der Waals surface area contributed by atoms with Gasteiger partial charge < -0.3 is 0 Å². The molecule has 7 heteroatoms. The van der Waals surface area contributed by atoms with Gasteiger partial charge in [0.15, 0.2) is 0 Å². The molecular weight excluding hydrogens is 259 g/mol. The van der Waals surface area contributed by atoms with Crippen LogP contribution in [0.25, 0.3) is 0 Å². The Hall–Kier alpha value is 0.147. The second kappa shape index (κ2) is 8.25. The zero-order valence-electron chi connectivity index (χ0n) is 5.95. The number of aliphatic hydroxyl groups is 1. The van der Waals surface area contributed by atoms with Crippen molar-refractivity contribution >= 4 is 11.9 Å². The van der Waals surface area contributed by atoms with Crippen molar-refractivity contribution in [2.45, 2.75) is 5.02 Å². The average molecular weight is 265 g/mol. The normalized spacial score (nSPS) is 7.36. The number of aliphatic carboxylic acids is 1. The number of carbonyl (C=O) groups excluding carboxylic acids is 1. The Balaban J connectivity index is 0. The van der Waals surface area contributed by atoms with E-state index in [1.54, 1.807) is 0 Å². The fourth-order valence-corrected chi connectivity index (χ4v) is 1.55. The minimum absolute atomic E-state index is 0. The van der Waals surface area contributed by atoms with Gasteiger partial charge in [0.25, 0.3) is 0 Å². The zero-order chi connectivity index (χ0) is 7.98. The number of aliphatic hydroxyl groups excluding tert-OH is 1. The van der Waals surface area contributed by atoms with Crippen LogP contribution in [0.1, 0.15) is 0 Å². The summed E-state index contributed by atoms with van der Waals surface area (Å²) < 4.78 is 4.42. The second-order valence-electron chi connectivity index (χ2n) is 1.52. The van der Waals surface area contributed by atoms with Crippen LogP contribution in [-0.2, 0) is 50.1 Å². The van der Waals surface area contributed by atoms with Crippen molar-refractivity contribution in [2.24, 2.45) is 0 Å². The smallest absolute Gasteiger partial charge is 0 e. The standard InChI is InChI=1S/C2H4O3.C2H3O2.2Zn/c3-1-2(4)5;1-2(3)4;;/h3H,1H2,(H,4,5);1H2,(H,3,4);;/q;;;+1/p-1. The van der Waals surface area contributed by atoms with Gasteiger partial charge in [0.05, 0.1) is 0 Å². The molecule has 0 aromatic heterocycles. The maximum Gasteiger partial charge on any atom is 0 e. The number of hydrogen-bond donors (Lipinski definition) is 2. The molecular formula is C4H6O5Zn2. The minimum Gasteiger partial charge on any atom is 0 e. The molecule has 0 aromatic rings. The summed E-state index contributed by atoms with van der Waals surface area (Å²) in [5, 5.41) is 16.2. The minimum atomic E-state index is -1.69. The van der Waals surface area contributed by atoms with E-state index in [4.69, 9.17) is 10.2 Å². The van der Waals surface area contributed by atoms with E-state index in [0.29, 0.717) is 0 Å². The van der Waals surface area contributed by atoms with Gasteiger partial charge in [0.1, 0.15) is 0 Å². The molecule has 0 heterocycles. The van der Waals surface area contributed by atoms with Crippen LogP contribution in [0.2, 0.25) is 5.02 Å². The van der Waals surface area contributed by atoms with Gasteiger partial charge >= 0.3 is 64.4 Å². The third kappa shape index (κ3) is 10.1. The van der Waals surface area contributed by atoms with E-state index in [1.807, 2.05) is 0 Å². The molecule has 0 unspecified atom stereocenters. The van der Waals surface area contributed by atoms with Crippen LogP contribution in [0.5, 0.6) is 0 Å². The molecule has 0 bridgehead atoms.